The number of sulfone groups is 1. The molecule has 0 aliphatic rings. The second-order valence-electron chi connectivity index (χ2n) is 5.06. The van der Waals surface area contributed by atoms with Gasteiger partial charge in [0.05, 0.1) is 22.3 Å². The van der Waals surface area contributed by atoms with Crippen molar-refractivity contribution in [2.75, 3.05) is 5.75 Å². The third kappa shape index (κ3) is 3.55. The van der Waals surface area contributed by atoms with Gasteiger partial charge < -0.3 is 10.1 Å². The van der Waals surface area contributed by atoms with Crippen LogP contribution in [-0.2, 0) is 21.1 Å². The molecule has 0 radical (unpaired) electrons. The predicted molar refractivity (Wildman–Crippen MR) is 97.2 cm³/mol. The summed E-state index contributed by atoms with van der Waals surface area (Å²) in [7, 11) is -3.90. The first-order chi connectivity index (χ1) is 13.4. The van der Waals surface area contributed by atoms with E-state index in [1.807, 2.05) is 0 Å². The summed E-state index contributed by atoms with van der Waals surface area (Å²) < 4.78 is 65.5. The molecule has 8 heteroatoms. The second-order valence-corrected chi connectivity index (χ2v) is 9.78. The number of hydrogen-bond donors (Lipinski definition) is 2. The van der Waals surface area contributed by atoms with E-state index in [0.717, 1.165) is 11.3 Å². The highest BCUT2D eigenvalue weighted by Gasteiger charge is 2.28. The molecule has 2 heterocycles. The number of aromatic amines is 1. The number of benzene rings is 1. The standard InChI is InChI=1S/C16H14BrNO4S2/c17-14-5-6-15(23-14)24(21,22)9-11(16(19)20)7-10-8-18-13-4-2-1-3-12(10)13/h1-6,8,11,18H,7,9H2,(H,19,20)/t11-/m1/s1/i1D,2D,3D,4D,8D. The van der Waals surface area contributed by atoms with Crippen LogP contribution >= 0.6 is 27.3 Å². The monoisotopic (exact) mass is 432 g/mol. The fraction of sp³-hybridized carbons (Fsp3) is 0.188. The molecule has 1 atom stereocenters. The molecule has 0 unspecified atom stereocenters. The van der Waals surface area contributed by atoms with Crippen molar-refractivity contribution in [2.45, 2.75) is 10.6 Å². The molecule has 5 nitrogen and oxygen atoms in total. The third-order valence-electron chi connectivity index (χ3n) is 3.40. The molecule has 0 spiro atoms. The average Bonchev–Trinajstić information content (AvgIpc) is 3.22. The number of aliphatic carboxylic acids is 1. The predicted octanol–water partition coefficient (Wildman–Crippen LogP) is 3.71. The molecule has 3 rings (SSSR count). The Kier molecular flexibility index (Phi) is 3.30. The Morgan fingerprint density at radius 3 is 2.79 bits per heavy atom. The van der Waals surface area contributed by atoms with Crippen LogP contribution in [0.3, 0.4) is 0 Å². The average molecular weight is 433 g/mol. The molecule has 0 saturated heterocycles. The van der Waals surface area contributed by atoms with Gasteiger partial charge >= 0.3 is 5.97 Å². The number of carbonyl (C=O) groups is 1. The van der Waals surface area contributed by atoms with Crippen LogP contribution in [0, 0.1) is 5.92 Å². The number of carboxylic acids is 1. The lowest BCUT2D eigenvalue weighted by atomic mass is 10.0. The molecular weight excluding hydrogens is 414 g/mol. The van der Waals surface area contributed by atoms with E-state index in [1.54, 1.807) is 6.07 Å². The Morgan fingerprint density at radius 2 is 2.12 bits per heavy atom. The van der Waals surface area contributed by atoms with Gasteiger partial charge in [-0.05, 0) is 46.1 Å². The van der Waals surface area contributed by atoms with E-state index in [9.17, 15) is 18.3 Å². The van der Waals surface area contributed by atoms with Crippen LogP contribution < -0.4 is 0 Å². The largest absolute Gasteiger partial charge is 0.481 e. The molecule has 0 fully saturated rings. The smallest absolute Gasteiger partial charge is 0.307 e. The molecule has 0 saturated carbocycles. The van der Waals surface area contributed by atoms with Gasteiger partial charge in [-0.1, -0.05) is 18.1 Å². The SMILES string of the molecule is [2H]c1[nH]c2c([2H])c([2H])c([2H])c([2H])c2c1C[C@H](CS(=O)(=O)c1ccc(Br)s1)C(=O)O. The molecule has 3 aromatic rings. The van der Waals surface area contributed by atoms with Gasteiger partial charge in [-0.15, -0.1) is 11.3 Å². The fourth-order valence-corrected chi connectivity index (χ4v) is 5.91. The van der Waals surface area contributed by atoms with Crippen molar-refractivity contribution < 1.29 is 25.2 Å². The molecule has 126 valence electrons. The summed E-state index contributed by atoms with van der Waals surface area (Å²) in [6.07, 6.45) is -0.642. The van der Waals surface area contributed by atoms with Crippen molar-refractivity contribution in [1.82, 2.24) is 4.98 Å². The lowest BCUT2D eigenvalue weighted by Gasteiger charge is -2.11. The number of halogens is 1. The van der Waals surface area contributed by atoms with E-state index < -0.39 is 45.6 Å². The van der Waals surface area contributed by atoms with Gasteiger partial charge in [0.1, 0.15) is 4.21 Å². The van der Waals surface area contributed by atoms with E-state index >= 15 is 0 Å². The molecule has 24 heavy (non-hydrogen) atoms. The van der Waals surface area contributed by atoms with Gasteiger partial charge in [0.15, 0.2) is 9.84 Å². The van der Waals surface area contributed by atoms with Gasteiger partial charge in [-0.25, -0.2) is 8.42 Å². The minimum Gasteiger partial charge on any atom is -0.481 e. The van der Waals surface area contributed by atoms with Gasteiger partial charge in [-0.2, -0.15) is 0 Å². The molecule has 2 N–H and O–H groups in total. The van der Waals surface area contributed by atoms with Crippen LogP contribution in [0.5, 0.6) is 0 Å². The van der Waals surface area contributed by atoms with Gasteiger partial charge in [0.2, 0.25) is 0 Å². The first-order valence-corrected chi connectivity index (χ1v) is 9.98. The van der Waals surface area contributed by atoms with Gasteiger partial charge in [0, 0.05) is 17.1 Å². The van der Waals surface area contributed by atoms with Crippen LogP contribution in [0.25, 0.3) is 10.9 Å². The number of H-pyrrole nitrogens is 1. The topological polar surface area (TPSA) is 87.2 Å². The van der Waals surface area contributed by atoms with E-state index in [4.69, 9.17) is 6.85 Å². The van der Waals surface area contributed by atoms with E-state index in [1.165, 1.54) is 6.07 Å². The molecule has 0 amide bonds. The van der Waals surface area contributed by atoms with Crippen LogP contribution in [0.15, 0.2) is 50.5 Å². The molecule has 0 aliphatic heterocycles. The van der Waals surface area contributed by atoms with E-state index in [2.05, 4.69) is 20.9 Å². The Morgan fingerprint density at radius 1 is 1.38 bits per heavy atom. The van der Waals surface area contributed by atoms with Crippen molar-refractivity contribution in [2.24, 2.45) is 5.92 Å². The minimum atomic E-state index is -3.90. The highest BCUT2D eigenvalue weighted by atomic mass is 79.9. The number of rotatable bonds is 6. The maximum Gasteiger partial charge on any atom is 0.307 e. The Hall–Kier alpha value is -1.64. The van der Waals surface area contributed by atoms with Crippen molar-refractivity contribution in [3.8, 4) is 0 Å². The third-order valence-corrected chi connectivity index (χ3v) is 7.42. The van der Waals surface area contributed by atoms with Crippen LogP contribution in [0.4, 0.5) is 0 Å². The maximum absolute atomic E-state index is 12.6. The first-order valence-electron chi connectivity index (χ1n) is 9.22. The summed E-state index contributed by atoms with van der Waals surface area (Å²) in [4.78, 5) is 14.3. The summed E-state index contributed by atoms with van der Waals surface area (Å²) in [6.45, 7) is 0. The number of aromatic nitrogens is 1. The Bertz CT molecular complexity index is 1240. The Labute approximate surface area is 158 Å². The van der Waals surface area contributed by atoms with Crippen molar-refractivity contribution in [3.63, 3.8) is 0 Å². The number of para-hydroxylation sites is 1. The zero-order chi connectivity index (χ0) is 21.7. The van der Waals surface area contributed by atoms with E-state index in [0.29, 0.717) is 3.79 Å². The van der Waals surface area contributed by atoms with Crippen LogP contribution in [0.1, 0.15) is 12.4 Å². The number of nitrogens with one attached hydrogen (secondary N) is 1. The Balaban J connectivity index is 2.05. The number of thiophene rings is 1. The molecule has 1 aromatic carbocycles. The second kappa shape index (κ2) is 6.70. The van der Waals surface area contributed by atoms with Crippen molar-refractivity contribution in [3.05, 3.63) is 51.8 Å². The summed E-state index contributed by atoms with van der Waals surface area (Å²) in [6, 6.07) is 1.16. The normalized spacial score (nSPS) is 16.1. The lowest BCUT2D eigenvalue weighted by Crippen LogP contribution is -2.25. The maximum atomic E-state index is 12.6. The van der Waals surface area contributed by atoms with Crippen molar-refractivity contribution in [1.29, 1.82) is 0 Å². The first kappa shape index (κ1) is 11.8. The summed E-state index contributed by atoms with van der Waals surface area (Å²) in [5.41, 5.74) is 0.0344. The number of hydrogen-bond acceptors (Lipinski definition) is 4. The van der Waals surface area contributed by atoms with Gasteiger partial charge in [0.25, 0.3) is 0 Å². The summed E-state index contributed by atoms with van der Waals surface area (Å²) >= 11 is 4.13. The molecule has 0 bridgehead atoms. The molecular formula is C16H14BrNO4S2. The molecule has 0 aliphatic carbocycles. The quantitative estimate of drug-likeness (QED) is 0.621. The number of carboxylic acid groups (broad SMARTS) is 1. The fourth-order valence-electron chi connectivity index (χ4n) is 2.26. The van der Waals surface area contributed by atoms with Crippen LogP contribution in [0.2, 0.25) is 0 Å². The number of fused-ring (bicyclic) bond motifs is 1. The zero-order valence-corrected chi connectivity index (χ0v) is 15.2. The van der Waals surface area contributed by atoms with Gasteiger partial charge in [-0.3, -0.25) is 4.79 Å². The lowest BCUT2D eigenvalue weighted by molar-refractivity contribution is -0.140. The highest BCUT2D eigenvalue weighted by Crippen LogP contribution is 2.29. The van der Waals surface area contributed by atoms with E-state index in [-0.39, 0.29) is 39.3 Å². The zero-order valence-electron chi connectivity index (χ0n) is 17.0. The van der Waals surface area contributed by atoms with Crippen LogP contribution in [-0.4, -0.2) is 30.2 Å². The summed E-state index contributed by atoms with van der Waals surface area (Å²) in [5.74, 6) is -3.48. The highest BCUT2D eigenvalue weighted by molar-refractivity contribution is 9.11. The molecule has 2 aromatic heterocycles. The summed E-state index contributed by atoms with van der Waals surface area (Å²) in [5, 5.41) is 9.58. The minimum absolute atomic E-state index is 0.00326. The van der Waals surface area contributed by atoms with Crippen molar-refractivity contribution >= 4 is 54.0 Å².